The molecule has 1 N–H and O–H groups in total. The van der Waals surface area contributed by atoms with Crippen molar-refractivity contribution in [1.82, 2.24) is 15.2 Å². The number of ether oxygens (including phenoxy) is 1. The summed E-state index contributed by atoms with van der Waals surface area (Å²) in [4.78, 5) is 17.4. The number of pyridine rings is 1. The zero-order valence-corrected chi connectivity index (χ0v) is 13.6. The first-order chi connectivity index (χ1) is 11.4. The van der Waals surface area contributed by atoms with Crippen molar-refractivity contribution in [3.63, 3.8) is 0 Å². The number of piperidine rings is 1. The van der Waals surface area contributed by atoms with Crippen molar-refractivity contribution in [2.75, 3.05) is 19.7 Å². The minimum Gasteiger partial charge on any atom is -0.478 e. The second-order valence-corrected chi connectivity index (χ2v) is 5.84. The van der Waals surface area contributed by atoms with E-state index in [4.69, 9.17) is 4.74 Å². The van der Waals surface area contributed by atoms with E-state index in [1.54, 1.807) is 18.3 Å². The fourth-order valence-corrected chi connectivity index (χ4v) is 2.53. The monoisotopic (exact) mass is 345 g/mol. The van der Waals surface area contributed by atoms with E-state index in [0.717, 1.165) is 12.0 Å². The van der Waals surface area contributed by atoms with Crippen LogP contribution >= 0.6 is 0 Å². The molecule has 1 aliphatic heterocycles. The van der Waals surface area contributed by atoms with Gasteiger partial charge in [0.2, 0.25) is 5.88 Å². The van der Waals surface area contributed by atoms with Crippen LogP contribution in [0.5, 0.6) is 5.88 Å². The lowest BCUT2D eigenvalue weighted by molar-refractivity contribution is -0.184. The summed E-state index contributed by atoms with van der Waals surface area (Å²) in [6.45, 7) is 2.86. The number of likely N-dealkylation sites (tertiary alicyclic amines) is 1. The molecular formula is C16H22F3N3O2. The van der Waals surface area contributed by atoms with Gasteiger partial charge in [0.25, 0.3) is 0 Å². The van der Waals surface area contributed by atoms with Crippen molar-refractivity contribution in [2.24, 2.45) is 5.92 Å². The number of amides is 2. The van der Waals surface area contributed by atoms with Gasteiger partial charge < -0.3 is 15.0 Å². The van der Waals surface area contributed by atoms with Crippen LogP contribution < -0.4 is 10.1 Å². The molecule has 0 aliphatic carbocycles. The predicted octanol–water partition coefficient (Wildman–Crippen LogP) is 3.35. The van der Waals surface area contributed by atoms with Crippen molar-refractivity contribution in [3.8, 4) is 5.88 Å². The Kier molecular flexibility index (Phi) is 6.28. The number of halogens is 3. The molecular weight excluding hydrogens is 323 g/mol. The third-order valence-corrected chi connectivity index (χ3v) is 3.87. The van der Waals surface area contributed by atoms with Crippen molar-refractivity contribution in [3.05, 3.63) is 23.9 Å². The van der Waals surface area contributed by atoms with E-state index >= 15 is 0 Å². The molecule has 2 heterocycles. The summed E-state index contributed by atoms with van der Waals surface area (Å²) in [5.41, 5.74) is 0.761. The lowest BCUT2D eigenvalue weighted by Gasteiger charge is -2.33. The predicted molar refractivity (Wildman–Crippen MR) is 82.6 cm³/mol. The minimum absolute atomic E-state index is 0.0798. The zero-order chi connectivity index (χ0) is 17.6. The number of hydrogen-bond donors (Lipinski definition) is 1. The first-order valence-electron chi connectivity index (χ1n) is 8.07. The molecule has 2 amide bonds. The van der Waals surface area contributed by atoms with Crippen LogP contribution in [-0.4, -0.2) is 41.8 Å². The van der Waals surface area contributed by atoms with Crippen molar-refractivity contribution < 1.29 is 22.7 Å². The van der Waals surface area contributed by atoms with Crippen LogP contribution in [0, 0.1) is 5.92 Å². The molecule has 1 fully saturated rings. The van der Waals surface area contributed by atoms with Crippen LogP contribution in [0.3, 0.4) is 0 Å². The molecule has 2 rings (SSSR count). The summed E-state index contributed by atoms with van der Waals surface area (Å²) in [5.74, 6) is -0.926. The Balaban J connectivity index is 1.82. The molecule has 0 radical (unpaired) electrons. The molecule has 24 heavy (non-hydrogen) atoms. The van der Waals surface area contributed by atoms with E-state index in [1.807, 2.05) is 6.92 Å². The quantitative estimate of drug-likeness (QED) is 0.890. The van der Waals surface area contributed by atoms with Crippen LogP contribution in [-0.2, 0) is 6.54 Å². The van der Waals surface area contributed by atoms with Gasteiger partial charge >= 0.3 is 12.2 Å². The Morgan fingerprint density at radius 2 is 2.25 bits per heavy atom. The first kappa shape index (κ1) is 18.4. The second kappa shape index (κ2) is 8.21. The molecule has 8 heteroatoms. The number of aromatic nitrogens is 1. The van der Waals surface area contributed by atoms with E-state index in [1.165, 1.54) is 4.90 Å². The van der Waals surface area contributed by atoms with Gasteiger partial charge in [-0.3, -0.25) is 0 Å². The maximum absolute atomic E-state index is 12.8. The largest absolute Gasteiger partial charge is 0.478 e. The van der Waals surface area contributed by atoms with E-state index in [-0.39, 0.29) is 19.5 Å². The van der Waals surface area contributed by atoms with Gasteiger partial charge in [-0.2, -0.15) is 13.2 Å². The van der Waals surface area contributed by atoms with Gasteiger partial charge in [0.15, 0.2) is 0 Å². The number of urea groups is 1. The van der Waals surface area contributed by atoms with Gasteiger partial charge in [0.1, 0.15) is 0 Å². The topological polar surface area (TPSA) is 54.5 Å². The Morgan fingerprint density at radius 3 is 2.88 bits per heavy atom. The summed E-state index contributed by atoms with van der Waals surface area (Å²) in [6.07, 6.45) is -1.34. The van der Waals surface area contributed by atoms with Crippen LogP contribution in [0.15, 0.2) is 18.3 Å². The van der Waals surface area contributed by atoms with Gasteiger partial charge in [-0.15, -0.1) is 0 Å². The molecule has 0 saturated carbocycles. The Morgan fingerprint density at radius 1 is 1.46 bits per heavy atom. The second-order valence-electron chi connectivity index (χ2n) is 5.84. The molecule has 0 unspecified atom stereocenters. The smallest absolute Gasteiger partial charge is 0.393 e. The fourth-order valence-electron chi connectivity index (χ4n) is 2.53. The Labute approximate surface area is 139 Å². The molecule has 0 bridgehead atoms. The zero-order valence-electron chi connectivity index (χ0n) is 13.6. The van der Waals surface area contributed by atoms with Gasteiger partial charge in [-0.05, 0) is 24.8 Å². The number of rotatable bonds is 5. The van der Waals surface area contributed by atoms with E-state index in [9.17, 15) is 18.0 Å². The van der Waals surface area contributed by atoms with Gasteiger partial charge in [-0.1, -0.05) is 13.0 Å². The molecule has 1 aromatic heterocycles. The van der Waals surface area contributed by atoms with E-state index < -0.39 is 18.1 Å². The maximum Gasteiger partial charge on any atom is 0.393 e. The number of nitrogens with zero attached hydrogens (tertiary/aromatic N) is 2. The van der Waals surface area contributed by atoms with E-state index in [0.29, 0.717) is 25.5 Å². The highest BCUT2D eigenvalue weighted by Gasteiger charge is 2.42. The molecule has 0 aromatic carbocycles. The van der Waals surface area contributed by atoms with Crippen molar-refractivity contribution in [2.45, 2.75) is 38.9 Å². The third kappa shape index (κ3) is 5.28. The summed E-state index contributed by atoms with van der Waals surface area (Å²) in [5, 5.41) is 2.64. The average molecular weight is 345 g/mol. The van der Waals surface area contributed by atoms with Gasteiger partial charge in [-0.25, -0.2) is 9.78 Å². The van der Waals surface area contributed by atoms with Crippen LogP contribution in [0.4, 0.5) is 18.0 Å². The highest BCUT2D eigenvalue weighted by Crippen LogP contribution is 2.33. The fraction of sp³-hybridized carbons (Fsp3) is 0.625. The normalized spacial score (nSPS) is 18.3. The molecule has 0 spiro atoms. The molecule has 1 aromatic rings. The molecule has 5 nitrogen and oxygen atoms in total. The number of alkyl halides is 3. The summed E-state index contributed by atoms with van der Waals surface area (Å²) in [6, 6.07) is 3.00. The molecule has 1 atom stereocenters. The number of hydrogen-bond acceptors (Lipinski definition) is 3. The highest BCUT2D eigenvalue weighted by molar-refractivity contribution is 5.74. The molecule has 1 saturated heterocycles. The summed E-state index contributed by atoms with van der Waals surface area (Å²) in [7, 11) is 0. The summed E-state index contributed by atoms with van der Waals surface area (Å²) < 4.78 is 43.7. The Hall–Kier alpha value is -1.99. The van der Waals surface area contributed by atoms with E-state index in [2.05, 4.69) is 10.3 Å². The number of carbonyl (C=O) groups excluding carboxylic acids is 1. The first-order valence-corrected chi connectivity index (χ1v) is 8.07. The van der Waals surface area contributed by atoms with Crippen molar-refractivity contribution in [1.29, 1.82) is 0 Å². The third-order valence-electron chi connectivity index (χ3n) is 3.87. The average Bonchev–Trinajstić information content (AvgIpc) is 2.58. The minimum atomic E-state index is -4.25. The van der Waals surface area contributed by atoms with Gasteiger partial charge in [0, 0.05) is 31.9 Å². The van der Waals surface area contributed by atoms with Crippen molar-refractivity contribution >= 4 is 6.03 Å². The number of carbonyl (C=O) groups is 1. The Bertz CT molecular complexity index is 534. The van der Waals surface area contributed by atoms with Crippen LogP contribution in [0.2, 0.25) is 0 Å². The SMILES string of the molecule is CCCOc1ccc(CNC(=O)N2CCC[C@@H](C(F)(F)F)C2)cn1. The highest BCUT2D eigenvalue weighted by atomic mass is 19.4. The van der Waals surface area contributed by atoms with Crippen LogP contribution in [0.1, 0.15) is 31.7 Å². The standard InChI is InChI=1S/C16H22F3N3O2/c1-2-8-24-14-6-5-12(9-20-14)10-21-15(23)22-7-3-4-13(11-22)16(17,18)19/h5-6,9,13H,2-4,7-8,10-11H2,1H3,(H,21,23)/t13-/m1/s1. The maximum atomic E-state index is 12.8. The molecule has 1 aliphatic rings. The van der Waals surface area contributed by atoms with Gasteiger partial charge in [0.05, 0.1) is 12.5 Å². The molecule has 134 valence electrons. The lowest BCUT2D eigenvalue weighted by atomic mass is 9.98. The van der Waals surface area contributed by atoms with Crippen LogP contribution in [0.25, 0.3) is 0 Å². The number of nitrogens with one attached hydrogen (secondary N) is 1. The summed E-state index contributed by atoms with van der Waals surface area (Å²) >= 11 is 0. The lowest BCUT2D eigenvalue weighted by Crippen LogP contribution is -2.48.